The van der Waals surface area contributed by atoms with Gasteiger partial charge in [-0.2, -0.15) is 5.26 Å². The van der Waals surface area contributed by atoms with Crippen LogP contribution in [-0.4, -0.2) is 12.8 Å². The minimum atomic E-state index is -0.0305. The quantitative estimate of drug-likeness (QED) is 0.868. The van der Waals surface area contributed by atoms with Crippen LogP contribution in [0.25, 0.3) is 0 Å². The topological polar surface area (TPSA) is 52.9 Å². The van der Waals surface area contributed by atoms with E-state index in [1.807, 2.05) is 38.1 Å². The van der Waals surface area contributed by atoms with Crippen LogP contribution in [0.15, 0.2) is 24.3 Å². The summed E-state index contributed by atoms with van der Waals surface area (Å²) >= 11 is 1.37. The molecule has 0 aliphatic heterocycles. The lowest BCUT2D eigenvalue weighted by molar-refractivity contribution is 0.104. The Balaban J connectivity index is 2.58. The smallest absolute Gasteiger partial charge is 0.205 e. The van der Waals surface area contributed by atoms with Crippen molar-refractivity contribution >= 4 is 22.8 Å². The fraction of sp³-hybridized carbons (Fsp3) is 0.200. The summed E-state index contributed by atoms with van der Waals surface area (Å²) < 4.78 is 0. The number of hydrogen-bond acceptors (Lipinski definition) is 4. The fourth-order valence-electron chi connectivity index (χ4n) is 2.03. The number of anilines is 1. The number of carbonyl (C=O) groups excluding carboxylic acids is 1. The van der Waals surface area contributed by atoms with Crippen molar-refractivity contribution in [2.24, 2.45) is 0 Å². The summed E-state index contributed by atoms with van der Waals surface area (Å²) in [6.07, 6.45) is 0. The Morgan fingerprint density at radius 2 is 2.00 bits per heavy atom. The van der Waals surface area contributed by atoms with E-state index in [4.69, 9.17) is 5.26 Å². The van der Waals surface area contributed by atoms with Gasteiger partial charge in [0.25, 0.3) is 0 Å². The van der Waals surface area contributed by atoms with Crippen LogP contribution in [0.3, 0.4) is 0 Å². The summed E-state index contributed by atoms with van der Waals surface area (Å²) in [6, 6.07) is 9.64. The predicted octanol–water partition coefficient (Wildman–Crippen LogP) is 3.51. The summed E-state index contributed by atoms with van der Waals surface area (Å²) in [5.41, 5.74) is 2.83. The minimum absolute atomic E-state index is 0.0305. The van der Waals surface area contributed by atoms with Crippen molar-refractivity contribution in [2.75, 3.05) is 12.4 Å². The highest BCUT2D eigenvalue weighted by Crippen LogP contribution is 2.34. The number of rotatable bonds is 3. The molecule has 4 heteroatoms. The third-order valence-electron chi connectivity index (χ3n) is 3.04. The highest BCUT2D eigenvalue weighted by Gasteiger charge is 2.22. The molecule has 0 spiro atoms. The molecule has 2 aromatic rings. The zero-order valence-electron chi connectivity index (χ0n) is 11.1. The fourth-order valence-corrected chi connectivity index (χ4v) is 3.09. The molecule has 0 aliphatic rings. The van der Waals surface area contributed by atoms with Crippen LogP contribution in [0.4, 0.5) is 5.69 Å². The lowest BCUT2D eigenvalue weighted by atomic mass is 10.0. The average Bonchev–Trinajstić information content (AvgIpc) is 2.74. The largest absolute Gasteiger partial charge is 0.386 e. The van der Waals surface area contributed by atoms with E-state index >= 15 is 0 Å². The lowest BCUT2D eigenvalue weighted by Gasteiger charge is -2.05. The lowest BCUT2D eigenvalue weighted by Crippen LogP contribution is -2.04. The molecule has 0 amide bonds. The molecule has 0 radical (unpaired) electrons. The second-order valence-corrected chi connectivity index (χ2v) is 5.47. The van der Waals surface area contributed by atoms with Crippen LogP contribution in [0.1, 0.15) is 31.2 Å². The van der Waals surface area contributed by atoms with Crippen molar-refractivity contribution in [3.05, 3.63) is 50.7 Å². The number of aryl methyl sites for hydroxylation is 2. The first-order valence-electron chi connectivity index (χ1n) is 5.91. The maximum Gasteiger partial charge on any atom is 0.205 e. The summed E-state index contributed by atoms with van der Waals surface area (Å²) in [4.78, 5) is 14.1. The molecule has 1 heterocycles. The molecule has 0 aliphatic carbocycles. The highest BCUT2D eigenvalue weighted by atomic mass is 32.1. The van der Waals surface area contributed by atoms with Crippen molar-refractivity contribution < 1.29 is 4.79 Å². The van der Waals surface area contributed by atoms with Gasteiger partial charge in [0.05, 0.1) is 16.1 Å². The number of nitrogens with zero attached hydrogens (tertiary/aromatic N) is 1. The first-order chi connectivity index (χ1) is 9.10. The molecular weight excluding hydrogens is 256 g/mol. The van der Waals surface area contributed by atoms with E-state index in [0.29, 0.717) is 21.7 Å². The number of thiophene rings is 1. The Hall–Kier alpha value is -2.12. The summed E-state index contributed by atoms with van der Waals surface area (Å²) in [5, 5.41) is 12.1. The molecule has 0 fully saturated rings. The number of carbonyl (C=O) groups is 1. The molecule has 2 rings (SSSR count). The van der Waals surface area contributed by atoms with Crippen molar-refractivity contribution in [3.8, 4) is 6.07 Å². The first kappa shape index (κ1) is 13.3. The second kappa shape index (κ2) is 5.25. The zero-order valence-corrected chi connectivity index (χ0v) is 11.9. The van der Waals surface area contributed by atoms with Gasteiger partial charge in [0.15, 0.2) is 0 Å². The SMILES string of the molecule is CNc1c(C(=O)c2ccccc2C)sc(C)c1C#N. The van der Waals surface area contributed by atoms with Gasteiger partial charge in [-0.3, -0.25) is 4.79 Å². The first-order valence-corrected chi connectivity index (χ1v) is 6.73. The standard InChI is InChI=1S/C15H14N2OS/c1-9-6-4-5-7-11(9)14(18)15-13(17-3)12(8-16)10(2)19-15/h4-7,17H,1-3H3. The van der Waals surface area contributed by atoms with Gasteiger partial charge in [0.1, 0.15) is 6.07 Å². The molecular formula is C15H14N2OS. The average molecular weight is 270 g/mol. The minimum Gasteiger partial charge on any atom is -0.386 e. The predicted molar refractivity (Wildman–Crippen MR) is 77.9 cm³/mol. The van der Waals surface area contributed by atoms with Crippen molar-refractivity contribution in [1.29, 1.82) is 5.26 Å². The van der Waals surface area contributed by atoms with Gasteiger partial charge in [-0.25, -0.2) is 0 Å². The highest BCUT2D eigenvalue weighted by molar-refractivity contribution is 7.15. The normalized spacial score (nSPS) is 10.0. The third-order valence-corrected chi connectivity index (χ3v) is 4.15. The molecule has 1 aromatic heterocycles. The van der Waals surface area contributed by atoms with Crippen molar-refractivity contribution in [1.82, 2.24) is 0 Å². The van der Waals surface area contributed by atoms with E-state index in [9.17, 15) is 4.79 Å². The molecule has 0 saturated carbocycles. The zero-order chi connectivity index (χ0) is 14.0. The van der Waals surface area contributed by atoms with Gasteiger partial charge >= 0.3 is 0 Å². The van der Waals surface area contributed by atoms with E-state index < -0.39 is 0 Å². The van der Waals surface area contributed by atoms with Crippen LogP contribution in [-0.2, 0) is 0 Å². The van der Waals surface area contributed by atoms with Gasteiger partial charge in [0.2, 0.25) is 5.78 Å². The van der Waals surface area contributed by atoms with Crippen molar-refractivity contribution in [2.45, 2.75) is 13.8 Å². The molecule has 0 unspecified atom stereocenters. The molecule has 1 aromatic carbocycles. The monoisotopic (exact) mass is 270 g/mol. The Bertz CT molecular complexity index is 680. The molecule has 19 heavy (non-hydrogen) atoms. The molecule has 0 saturated heterocycles. The summed E-state index contributed by atoms with van der Waals surface area (Å²) in [6.45, 7) is 3.77. The Morgan fingerprint density at radius 3 is 2.58 bits per heavy atom. The Labute approximate surface area is 116 Å². The van der Waals surface area contributed by atoms with Crippen molar-refractivity contribution in [3.63, 3.8) is 0 Å². The van der Waals surface area contributed by atoms with E-state index in [2.05, 4.69) is 11.4 Å². The molecule has 1 N–H and O–H groups in total. The van der Waals surface area contributed by atoms with Gasteiger partial charge in [-0.15, -0.1) is 11.3 Å². The maximum absolute atomic E-state index is 12.6. The number of ketones is 1. The number of nitrogens with one attached hydrogen (secondary N) is 1. The Morgan fingerprint density at radius 1 is 1.32 bits per heavy atom. The van der Waals surface area contributed by atoms with E-state index in [1.165, 1.54) is 11.3 Å². The number of benzene rings is 1. The molecule has 0 atom stereocenters. The van der Waals surface area contributed by atoms with Gasteiger partial charge in [-0.05, 0) is 19.4 Å². The summed E-state index contributed by atoms with van der Waals surface area (Å²) in [5.74, 6) is -0.0305. The summed E-state index contributed by atoms with van der Waals surface area (Å²) in [7, 11) is 1.73. The van der Waals surface area contributed by atoms with E-state index in [0.717, 1.165) is 10.4 Å². The third kappa shape index (κ3) is 2.25. The van der Waals surface area contributed by atoms with Crippen LogP contribution in [0, 0.1) is 25.2 Å². The van der Waals surface area contributed by atoms with E-state index in [1.54, 1.807) is 7.05 Å². The van der Waals surface area contributed by atoms with Gasteiger partial charge in [-0.1, -0.05) is 24.3 Å². The molecule has 0 bridgehead atoms. The number of nitriles is 1. The van der Waals surface area contributed by atoms with Crippen LogP contribution < -0.4 is 5.32 Å². The van der Waals surface area contributed by atoms with Crippen LogP contribution in [0.2, 0.25) is 0 Å². The second-order valence-electron chi connectivity index (χ2n) is 4.24. The molecule has 3 nitrogen and oxygen atoms in total. The number of hydrogen-bond donors (Lipinski definition) is 1. The van der Waals surface area contributed by atoms with Gasteiger partial charge in [0, 0.05) is 17.5 Å². The molecule has 96 valence electrons. The maximum atomic E-state index is 12.6. The van der Waals surface area contributed by atoms with E-state index in [-0.39, 0.29) is 5.78 Å². The van der Waals surface area contributed by atoms with Crippen LogP contribution >= 0.6 is 11.3 Å². The van der Waals surface area contributed by atoms with Gasteiger partial charge < -0.3 is 5.32 Å². The van der Waals surface area contributed by atoms with Crippen LogP contribution in [0.5, 0.6) is 0 Å². The Kier molecular flexibility index (Phi) is 3.68.